The van der Waals surface area contributed by atoms with Gasteiger partial charge in [0.25, 0.3) is 0 Å². The summed E-state index contributed by atoms with van der Waals surface area (Å²) in [5, 5.41) is 6.76. The molecule has 0 amide bonds. The molecule has 2 aliphatic heterocycles. The molecule has 0 radical (unpaired) electrons. The molecule has 1 aromatic carbocycles. The van der Waals surface area contributed by atoms with Crippen molar-refractivity contribution < 1.29 is 18.3 Å². The van der Waals surface area contributed by atoms with E-state index in [1.54, 1.807) is 7.05 Å². The Balaban J connectivity index is 1.35. The quantitative estimate of drug-likeness (QED) is 0.363. The van der Waals surface area contributed by atoms with Gasteiger partial charge >= 0.3 is 0 Å². The number of hydrogen-bond donors (Lipinski definition) is 2. The second-order valence-corrected chi connectivity index (χ2v) is 8.08. The molecule has 0 spiro atoms. The third-order valence-corrected chi connectivity index (χ3v) is 5.65. The van der Waals surface area contributed by atoms with Crippen molar-refractivity contribution in [3.05, 3.63) is 35.4 Å². The minimum atomic E-state index is -0.481. The van der Waals surface area contributed by atoms with Gasteiger partial charge in [-0.2, -0.15) is 0 Å². The summed E-state index contributed by atoms with van der Waals surface area (Å²) in [6.07, 6.45) is 3.97. The maximum Gasteiger partial charge on any atom is 0.191 e. The van der Waals surface area contributed by atoms with Crippen molar-refractivity contribution in [2.75, 3.05) is 53.1 Å². The fraction of sp³-hybridized carbons (Fsp3) is 0.682. The smallest absolute Gasteiger partial charge is 0.191 e. The van der Waals surface area contributed by atoms with Gasteiger partial charge in [0.2, 0.25) is 0 Å². The molecule has 8 heteroatoms. The molecule has 1 aromatic rings. The van der Waals surface area contributed by atoms with Crippen LogP contribution in [0.15, 0.2) is 23.2 Å². The van der Waals surface area contributed by atoms with E-state index in [2.05, 4.69) is 20.5 Å². The lowest BCUT2D eigenvalue weighted by atomic mass is 10.0. The van der Waals surface area contributed by atoms with Gasteiger partial charge in [-0.25, -0.2) is 8.78 Å². The number of aliphatic imine (C=N–C) groups is 1. The Morgan fingerprint density at radius 2 is 2.13 bits per heavy atom. The molecule has 0 saturated carbocycles. The van der Waals surface area contributed by atoms with Crippen LogP contribution in [0.5, 0.6) is 0 Å². The van der Waals surface area contributed by atoms with Crippen molar-refractivity contribution in [1.29, 1.82) is 0 Å². The maximum absolute atomic E-state index is 14.0. The third-order valence-electron chi connectivity index (χ3n) is 5.65. The number of rotatable bonds is 9. The number of guanidine groups is 1. The normalized spacial score (nSPS) is 23.0. The molecule has 0 aliphatic carbocycles. The van der Waals surface area contributed by atoms with Gasteiger partial charge in [-0.1, -0.05) is 6.07 Å². The highest BCUT2D eigenvalue weighted by Crippen LogP contribution is 2.18. The van der Waals surface area contributed by atoms with Crippen molar-refractivity contribution in [2.24, 2.45) is 10.9 Å². The Bertz CT molecular complexity index is 663. The fourth-order valence-corrected chi connectivity index (χ4v) is 3.96. The number of piperidine rings is 1. The molecule has 3 rings (SSSR count). The minimum absolute atomic E-state index is 0.143. The molecule has 168 valence electrons. The first-order chi connectivity index (χ1) is 14.7. The molecule has 30 heavy (non-hydrogen) atoms. The van der Waals surface area contributed by atoms with Gasteiger partial charge in [0.05, 0.1) is 13.2 Å². The van der Waals surface area contributed by atoms with Crippen LogP contribution in [-0.4, -0.2) is 70.0 Å². The summed E-state index contributed by atoms with van der Waals surface area (Å²) in [6.45, 7) is 5.77. The topological polar surface area (TPSA) is 58.1 Å². The minimum Gasteiger partial charge on any atom is -0.381 e. The van der Waals surface area contributed by atoms with Crippen LogP contribution in [0.3, 0.4) is 0 Å². The predicted molar refractivity (Wildman–Crippen MR) is 114 cm³/mol. The fourth-order valence-electron chi connectivity index (χ4n) is 3.96. The van der Waals surface area contributed by atoms with Crippen LogP contribution >= 0.6 is 0 Å². The molecule has 2 fully saturated rings. The van der Waals surface area contributed by atoms with Gasteiger partial charge in [0, 0.05) is 57.4 Å². The molecule has 2 atom stereocenters. The zero-order valence-corrected chi connectivity index (χ0v) is 17.8. The molecule has 0 aromatic heterocycles. The van der Waals surface area contributed by atoms with E-state index in [1.807, 2.05) is 0 Å². The zero-order chi connectivity index (χ0) is 21.2. The molecule has 2 saturated heterocycles. The van der Waals surface area contributed by atoms with E-state index < -0.39 is 11.6 Å². The molecule has 2 N–H and O–H groups in total. The van der Waals surface area contributed by atoms with E-state index in [-0.39, 0.29) is 18.2 Å². The standard InChI is InChI=1S/C22H34F2N4O2/c1-25-22(26-9-4-11-29-15-17-8-12-30-16-17)27-18-5-3-10-28(13-18)14-19-20(23)6-2-7-21(19)24/h2,6-7,17-18H,3-5,8-16H2,1H3,(H2,25,26,27). The summed E-state index contributed by atoms with van der Waals surface area (Å²) in [4.78, 5) is 6.39. The number of ether oxygens (including phenoxy) is 2. The Kier molecular flexibility index (Phi) is 9.29. The first kappa shape index (κ1) is 22.9. The second kappa shape index (κ2) is 12.2. The van der Waals surface area contributed by atoms with Crippen molar-refractivity contribution in [3.8, 4) is 0 Å². The average molecular weight is 425 g/mol. The summed E-state index contributed by atoms with van der Waals surface area (Å²) >= 11 is 0. The van der Waals surface area contributed by atoms with E-state index in [9.17, 15) is 8.78 Å². The first-order valence-electron chi connectivity index (χ1n) is 10.9. The second-order valence-electron chi connectivity index (χ2n) is 8.08. The number of hydrogen-bond acceptors (Lipinski definition) is 4. The zero-order valence-electron chi connectivity index (χ0n) is 17.8. The third kappa shape index (κ3) is 7.18. The molecular formula is C22H34F2N4O2. The van der Waals surface area contributed by atoms with Crippen LogP contribution in [0, 0.1) is 17.6 Å². The summed E-state index contributed by atoms with van der Waals surface area (Å²) in [6, 6.07) is 4.22. The van der Waals surface area contributed by atoms with E-state index in [1.165, 1.54) is 18.2 Å². The van der Waals surface area contributed by atoms with Crippen molar-refractivity contribution >= 4 is 5.96 Å². The largest absolute Gasteiger partial charge is 0.381 e. The van der Waals surface area contributed by atoms with Gasteiger partial charge < -0.3 is 20.1 Å². The van der Waals surface area contributed by atoms with Crippen LogP contribution in [0.1, 0.15) is 31.2 Å². The Labute approximate surface area is 178 Å². The Morgan fingerprint density at radius 1 is 1.30 bits per heavy atom. The SMILES string of the molecule is CN=C(NCCCOCC1CCOC1)NC1CCCN(Cc2c(F)cccc2F)C1. The molecule has 2 unspecified atom stereocenters. The van der Waals surface area contributed by atoms with Crippen molar-refractivity contribution in [2.45, 2.75) is 38.3 Å². The van der Waals surface area contributed by atoms with Gasteiger partial charge in [-0.05, 0) is 44.4 Å². The molecule has 6 nitrogen and oxygen atoms in total. The lowest BCUT2D eigenvalue weighted by molar-refractivity contribution is 0.0888. The average Bonchev–Trinajstić information content (AvgIpc) is 3.26. The summed E-state index contributed by atoms with van der Waals surface area (Å²) in [5.41, 5.74) is 0.143. The lowest BCUT2D eigenvalue weighted by Gasteiger charge is -2.34. The first-order valence-corrected chi connectivity index (χ1v) is 10.9. The predicted octanol–water partition coefficient (Wildman–Crippen LogP) is 2.54. The number of nitrogens with zero attached hydrogens (tertiary/aromatic N) is 2. The summed E-state index contributed by atoms with van der Waals surface area (Å²) in [7, 11) is 1.75. The van der Waals surface area contributed by atoms with E-state index in [4.69, 9.17) is 9.47 Å². The van der Waals surface area contributed by atoms with Crippen LogP contribution in [0.25, 0.3) is 0 Å². The lowest BCUT2D eigenvalue weighted by Crippen LogP contribution is -2.51. The van der Waals surface area contributed by atoms with E-state index in [0.29, 0.717) is 12.5 Å². The van der Waals surface area contributed by atoms with Gasteiger partial charge in [-0.3, -0.25) is 9.89 Å². The van der Waals surface area contributed by atoms with E-state index in [0.717, 1.165) is 71.1 Å². The highest BCUT2D eigenvalue weighted by molar-refractivity contribution is 5.79. The maximum atomic E-state index is 14.0. The number of likely N-dealkylation sites (tertiary alicyclic amines) is 1. The van der Waals surface area contributed by atoms with Gasteiger partial charge in [0.1, 0.15) is 11.6 Å². The number of halogens is 2. The monoisotopic (exact) mass is 424 g/mol. The molecular weight excluding hydrogens is 390 g/mol. The van der Waals surface area contributed by atoms with Gasteiger partial charge in [0.15, 0.2) is 5.96 Å². The van der Waals surface area contributed by atoms with Crippen LogP contribution in [-0.2, 0) is 16.0 Å². The highest BCUT2D eigenvalue weighted by atomic mass is 19.1. The van der Waals surface area contributed by atoms with Crippen molar-refractivity contribution in [3.63, 3.8) is 0 Å². The molecule has 2 heterocycles. The Hall–Kier alpha value is -1.77. The number of nitrogens with one attached hydrogen (secondary N) is 2. The highest BCUT2D eigenvalue weighted by Gasteiger charge is 2.22. The molecule has 0 bridgehead atoms. The van der Waals surface area contributed by atoms with Crippen LogP contribution in [0.2, 0.25) is 0 Å². The summed E-state index contributed by atoms with van der Waals surface area (Å²) in [5.74, 6) is 0.332. The van der Waals surface area contributed by atoms with Crippen LogP contribution < -0.4 is 10.6 Å². The summed E-state index contributed by atoms with van der Waals surface area (Å²) < 4.78 is 39.0. The van der Waals surface area contributed by atoms with Crippen molar-refractivity contribution in [1.82, 2.24) is 15.5 Å². The van der Waals surface area contributed by atoms with E-state index >= 15 is 0 Å². The molecule has 2 aliphatic rings. The number of benzene rings is 1. The Morgan fingerprint density at radius 3 is 2.87 bits per heavy atom. The van der Waals surface area contributed by atoms with Gasteiger partial charge in [-0.15, -0.1) is 0 Å². The van der Waals surface area contributed by atoms with Crippen LogP contribution in [0.4, 0.5) is 8.78 Å².